The van der Waals surface area contributed by atoms with Crippen molar-refractivity contribution in [3.05, 3.63) is 12.2 Å². The molecule has 0 heterocycles. The van der Waals surface area contributed by atoms with Gasteiger partial charge in [-0.3, -0.25) is 4.79 Å². The fourth-order valence-electron chi connectivity index (χ4n) is 0.818. The topological polar surface area (TPSA) is 37.3 Å². The van der Waals surface area contributed by atoms with Crippen LogP contribution in [0, 0.1) is 5.41 Å². The summed E-state index contributed by atoms with van der Waals surface area (Å²) in [5, 5.41) is 8.32. The maximum atomic E-state index is 10.1. The molecule has 2 heteroatoms. The van der Waals surface area contributed by atoms with Crippen molar-refractivity contribution in [3.63, 3.8) is 0 Å². The number of allylic oxidation sites excluding steroid dienone is 1. The quantitative estimate of drug-likeness (QED) is 0.659. The molecule has 0 atom stereocenters. The molecule has 0 unspecified atom stereocenters. The van der Waals surface area contributed by atoms with Crippen molar-refractivity contribution < 1.29 is 9.90 Å². The summed E-state index contributed by atoms with van der Waals surface area (Å²) < 4.78 is 0. The van der Waals surface area contributed by atoms with E-state index in [9.17, 15) is 4.79 Å². The van der Waals surface area contributed by atoms with Crippen molar-refractivity contribution in [3.8, 4) is 0 Å². The van der Waals surface area contributed by atoms with Crippen molar-refractivity contribution >= 4 is 5.97 Å². The zero-order valence-electron chi connectivity index (χ0n) is 8.13. The van der Waals surface area contributed by atoms with Crippen LogP contribution in [0.1, 0.15) is 40.0 Å². The molecule has 0 bridgehead atoms. The van der Waals surface area contributed by atoms with Gasteiger partial charge >= 0.3 is 5.97 Å². The molecule has 0 aromatic rings. The molecule has 0 radical (unpaired) electrons. The average Bonchev–Trinajstić information content (AvgIpc) is 1.83. The largest absolute Gasteiger partial charge is 0.481 e. The van der Waals surface area contributed by atoms with Gasteiger partial charge in [0.2, 0.25) is 0 Å². The Bertz CT molecular complexity index is 163. The molecule has 0 spiro atoms. The number of carboxylic acid groups (broad SMARTS) is 1. The van der Waals surface area contributed by atoms with Crippen molar-refractivity contribution in [2.45, 2.75) is 40.0 Å². The van der Waals surface area contributed by atoms with E-state index in [2.05, 4.69) is 20.8 Å². The molecule has 0 aliphatic heterocycles. The number of carbonyl (C=O) groups is 1. The zero-order valence-corrected chi connectivity index (χ0v) is 8.13. The lowest BCUT2D eigenvalue weighted by atomic mass is 9.90. The maximum Gasteiger partial charge on any atom is 0.307 e. The highest BCUT2D eigenvalue weighted by atomic mass is 16.4. The lowest BCUT2D eigenvalue weighted by Gasteiger charge is -2.15. The van der Waals surface area contributed by atoms with Crippen molar-refractivity contribution in [1.29, 1.82) is 0 Å². The lowest BCUT2D eigenvalue weighted by Crippen LogP contribution is -2.03. The molecule has 0 rings (SSSR count). The highest BCUT2D eigenvalue weighted by Gasteiger charge is 2.07. The van der Waals surface area contributed by atoms with Crippen LogP contribution >= 0.6 is 0 Å². The van der Waals surface area contributed by atoms with Gasteiger partial charge in [0.05, 0.1) is 6.42 Å². The first kappa shape index (κ1) is 11.2. The number of hydrogen-bond acceptors (Lipinski definition) is 1. The first-order chi connectivity index (χ1) is 5.42. The van der Waals surface area contributed by atoms with E-state index in [1.807, 2.05) is 6.08 Å². The molecular formula is C10H18O2. The van der Waals surface area contributed by atoms with Gasteiger partial charge in [0, 0.05) is 0 Å². The SMILES string of the molecule is CC(C)(C)CC/C=C/CC(=O)O. The Labute approximate surface area is 74.3 Å². The minimum absolute atomic E-state index is 0.143. The summed E-state index contributed by atoms with van der Waals surface area (Å²) in [7, 11) is 0. The summed E-state index contributed by atoms with van der Waals surface area (Å²) in [6, 6.07) is 0. The van der Waals surface area contributed by atoms with Gasteiger partial charge in [-0.25, -0.2) is 0 Å². The highest BCUT2D eigenvalue weighted by molar-refractivity contribution is 5.68. The molecule has 12 heavy (non-hydrogen) atoms. The Morgan fingerprint density at radius 3 is 2.33 bits per heavy atom. The number of aliphatic carboxylic acids is 1. The van der Waals surface area contributed by atoms with Gasteiger partial charge in [0.15, 0.2) is 0 Å². The molecule has 0 aromatic carbocycles. The molecule has 0 saturated heterocycles. The van der Waals surface area contributed by atoms with E-state index in [1.165, 1.54) is 0 Å². The molecule has 0 aromatic heterocycles. The van der Waals surface area contributed by atoms with E-state index in [0.29, 0.717) is 5.41 Å². The summed E-state index contributed by atoms with van der Waals surface area (Å²) in [5.74, 6) is -0.762. The standard InChI is InChI=1S/C10H18O2/c1-10(2,3)8-6-4-5-7-9(11)12/h4-5H,6-8H2,1-3H3,(H,11,12)/b5-4+. The van der Waals surface area contributed by atoms with Gasteiger partial charge < -0.3 is 5.11 Å². The summed E-state index contributed by atoms with van der Waals surface area (Å²) in [5.41, 5.74) is 0.341. The van der Waals surface area contributed by atoms with Crippen LogP contribution in [0.3, 0.4) is 0 Å². The van der Waals surface area contributed by atoms with Crippen molar-refractivity contribution in [2.75, 3.05) is 0 Å². The normalized spacial score (nSPS) is 12.2. The monoisotopic (exact) mass is 170 g/mol. The Balaban J connectivity index is 3.43. The van der Waals surface area contributed by atoms with Crippen LogP contribution in [0.4, 0.5) is 0 Å². The first-order valence-corrected chi connectivity index (χ1v) is 4.28. The third kappa shape index (κ3) is 9.21. The summed E-state index contributed by atoms with van der Waals surface area (Å²) in [6.07, 6.45) is 5.87. The van der Waals surface area contributed by atoms with Crippen molar-refractivity contribution in [2.24, 2.45) is 5.41 Å². The fourth-order valence-corrected chi connectivity index (χ4v) is 0.818. The molecule has 70 valence electrons. The number of rotatable bonds is 4. The molecule has 0 amide bonds. The van der Waals surface area contributed by atoms with Gasteiger partial charge in [0.1, 0.15) is 0 Å². The predicted molar refractivity (Wildman–Crippen MR) is 50.1 cm³/mol. The van der Waals surface area contributed by atoms with Crippen LogP contribution < -0.4 is 0 Å². The zero-order chi connectivity index (χ0) is 9.61. The van der Waals surface area contributed by atoms with Crippen molar-refractivity contribution in [1.82, 2.24) is 0 Å². The summed E-state index contributed by atoms with van der Waals surface area (Å²) >= 11 is 0. The summed E-state index contributed by atoms with van der Waals surface area (Å²) in [4.78, 5) is 10.1. The Hall–Kier alpha value is -0.790. The second kappa shape index (κ2) is 4.96. The maximum absolute atomic E-state index is 10.1. The highest BCUT2D eigenvalue weighted by Crippen LogP contribution is 2.20. The van der Waals surface area contributed by atoms with Gasteiger partial charge in [-0.2, -0.15) is 0 Å². The molecule has 2 nitrogen and oxygen atoms in total. The second-order valence-electron chi connectivity index (χ2n) is 4.17. The number of carboxylic acids is 1. The van der Waals surface area contributed by atoms with Gasteiger partial charge in [0.25, 0.3) is 0 Å². The second-order valence-corrected chi connectivity index (χ2v) is 4.17. The van der Waals surface area contributed by atoms with Crippen LogP contribution in [0.2, 0.25) is 0 Å². The minimum Gasteiger partial charge on any atom is -0.481 e. The van der Waals surface area contributed by atoms with E-state index < -0.39 is 5.97 Å². The summed E-state index contributed by atoms with van der Waals surface area (Å²) in [6.45, 7) is 6.54. The van der Waals surface area contributed by atoms with Gasteiger partial charge in [-0.1, -0.05) is 32.9 Å². The average molecular weight is 170 g/mol. The third-order valence-corrected chi connectivity index (χ3v) is 1.52. The van der Waals surface area contributed by atoms with Crippen LogP contribution in [0.15, 0.2) is 12.2 Å². The third-order valence-electron chi connectivity index (χ3n) is 1.52. The molecule has 0 fully saturated rings. The lowest BCUT2D eigenvalue weighted by molar-refractivity contribution is -0.136. The predicted octanol–water partition coefficient (Wildman–Crippen LogP) is 2.84. The van der Waals surface area contributed by atoms with E-state index in [0.717, 1.165) is 12.8 Å². The molecule has 0 aliphatic rings. The smallest absolute Gasteiger partial charge is 0.307 e. The Morgan fingerprint density at radius 2 is 1.92 bits per heavy atom. The van der Waals surface area contributed by atoms with Gasteiger partial charge in [-0.15, -0.1) is 0 Å². The van der Waals surface area contributed by atoms with E-state index in [1.54, 1.807) is 6.08 Å². The van der Waals surface area contributed by atoms with Crippen LogP contribution in [0.5, 0.6) is 0 Å². The molecule has 1 N–H and O–H groups in total. The van der Waals surface area contributed by atoms with Crippen LogP contribution in [-0.2, 0) is 4.79 Å². The first-order valence-electron chi connectivity index (χ1n) is 4.28. The molecular weight excluding hydrogens is 152 g/mol. The van der Waals surface area contributed by atoms with E-state index >= 15 is 0 Å². The van der Waals surface area contributed by atoms with Gasteiger partial charge in [-0.05, 0) is 18.3 Å². The van der Waals surface area contributed by atoms with Crippen LogP contribution in [0.25, 0.3) is 0 Å². The van der Waals surface area contributed by atoms with E-state index in [4.69, 9.17) is 5.11 Å². The molecule has 0 aliphatic carbocycles. The Kier molecular flexibility index (Phi) is 4.64. The fraction of sp³-hybridized carbons (Fsp3) is 0.700. The van der Waals surface area contributed by atoms with E-state index in [-0.39, 0.29) is 6.42 Å². The minimum atomic E-state index is -0.762. The number of hydrogen-bond donors (Lipinski definition) is 1. The Morgan fingerprint density at radius 1 is 1.33 bits per heavy atom. The molecule has 0 saturated carbocycles. The van der Waals surface area contributed by atoms with Crippen LogP contribution in [-0.4, -0.2) is 11.1 Å².